The fraction of sp³-hybridized carbons (Fsp3) is 0.0909. The van der Waals surface area contributed by atoms with Crippen molar-refractivity contribution in [1.82, 2.24) is 10.2 Å². The van der Waals surface area contributed by atoms with Gasteiger partial charge >= 0.3 is 0 Å². The predicted octanol–water partition coefficient (Wildman–Crippen LogP) is 1.77. The van der Waals surface area contributed by atoms with Crippen LogP contribution in [0.15, 0.2) is 48.8 Å². The largest absolute Gasteiger partial charge is 0.463 e. The van der Waals surface area contributed by atoms with Gasteiger partial charge in [0.15, 0.2) is 0 Å². The van der Waals surface area contributed by atoms with Crippen molar-refractivity contribution >= 4 is 6.47 Å². The molecule has 0 unspecified atom stereocenters. The van der Waals surface area contributed by atoms with E-state index in [1.54, 1.807) is 12.4 Å². The summed E-state index contributed by atoms with van der Waals surface area (Å²) in [5.41, 5.74) is 1.01. The Morgan fingerprint density at radius 1 is 1.27 bits per heavy atom. The molecule has 0 aliphatic carbocycles. The average Bonchev–Trinajstić information content (AvgIpc) is 2.86. The van der Waals surface area contributed by atoms with E-state index in [4.69, 9.17) is 0 Å². The van der Waals surface area contributed by atoms with Crippen LogP contribution < -0.4 is 0 Å². The van der Waals surface area contributed by atoms with Gasteiger partial charge < -0.3 is 4.74 Å². The lowest BCUT2D eigenvalue weighted by molar-refractivity contribution is -0.129. The van der Waals surface area contributed by atoms with Crippen LogP contribution in [-0.4, -0.2) is 16.7 Å². The lowest BCUT2D eigenvalue weighted by Gasteiger charge is -1.95. The van der Waals surface area contributed by atoms with Crippen LogP contribution in [0, 0.1) is 0 Å². The average molecular weight is 204 g/mol. The maximum absolute atomic E-state index is 9.76. The fourth-order valence-corrected chi connectivity index (χ4v) is 0.920. The third-order valence-electron chi connectivity index (χ3n) is 1.57. The van der Waals surface area contributed by atoms with E-state index in [2.05, 4.69) is 14.9 Å². The van der Waals surface area contributed by atoms with Crippen LogP contribution in [0.2, 0.25) is 0 Å². The summed E-state index contributed by atoms with van der Waals surface area (Å²) in [6, 6.07) is 11.4. The third kappa shape index (κ3) is 5.25. The molecule has 0 fully saturated rings. The zero-order valence-electron chi connectivity index (χ0n) is 8.17. The molecule has 0 aliphatic rings. The van der Waals surface area contributed by atoms with Crippen LogP contribution >= 0.6 is 0 Å². The highest BCUT2D eigenvalue weighted by Gasteiger charge is 1.87. The molecule has 1 aromatic heterocycles. The molecule has 4 nitrogen and oxygen atoms in total. The van der Waals surface area contributed by atoms with E-state index in [9.17, 15) is 4.79 Å². The molecule has 2 aromatic rings. The topological polar surface area (TPSA) is 55.0 Å². The highest BCUT2D eigenvalue weighted by molar-refractivity contribution is 5.37. The van der Waals surface area contributed by atoms with Gasteiger partial charge in [-0.05, 0) is 11.6 Å². The van der Waals surface area contributed by atoms with Crippen molar-refractivity contribution < 1.29 is 9.53 Å². The van der Waals surface area contributed by atoms with Gasteiger partial charge in [0, 0.05) is 12.4 Å². The molecule has 1 N–H and O–H groups in total. The first-order valence-electron chi connectivity index (χ1n) is 4.46. The molecular weight excluding hydrogens is 192 g/mol. The van der Waals surface area contributed by atoms with E-state index >= 15 is 0 Å². The molecule has 0 amide bonds. The van der Waals surface area contributed by atoms with Crippen LogP contribution in [0.5, 0.6) is 0 Å². The van der Waals surface area contributed by atoms with E-state index in [-0.39, 0.29) is 0 Å². The minimum atomic E-state index is 0.365. The Bertz CT molecular complexity index is 329. The molecule has 1 heterocycles. The first-order chi connectivity index (χ1) is 7.43. The molecule has 15 heavy (non-hydrogen) atoms. The molecule has 0 saturated heterocycles. The van der Waals surface area contributed by atoms with Gasteiger partial charge in [0.05, 0.1) is 0 Å². The first kappa shape index (κ1) is 11.0. The molecule has 0 aliphatic heterocycles. The van der Waals surface area contributed by atoms with E-state index < -0.39 is 0 Å². The predicted molar refractivity (Wildman–Crippen MR) is 55.9 cm³/mol. The van der Waals surface area contributed by atoms with E-state index in [1.807, 2.05) is 36.4 Å². The van der Waals surface area contributed by atoms with Gasteiger partial charge in [-0.2, -0.15) is 5.10 Å². The smallest absolute Gasteiger partial charge is 0.293 e. The number of nitrogens with zero attached hydrogens (tertiary/aromatic N) is 1. The summed E-state index contributed by atoms with van der Waals surface area (Å²) >= 11 is 0. The van der Waals surface area contributed by atoms with E-state index in [0.717, 1.165) is 5.56 Å². The van der Waals surface area contributed by atoms with Gasteiger partial charge in [-0.3, -0.25) is 9.89 Å². The van der Waals surface area contributed by atoms with Gasteiger partial charge in [-0.1, -0.05) is 30.3 Å². The lowest BCUT2D eigenvalue weighted by Crippen LogP contribution is -1.88. The summed E-state index contributed by atoms with van der Waals surface area (Å²) in [5, 5.41) is 6.21. The van der Waals surface area contributed by atoms with Crippen LogP contribution in [-0.2, 0) is 16.1 Å². The van der Waals surface area contributed by atoms with Crippen LogP contribution in [0.25, 0.3) is 0 Å². The number of H-pyrrole nitrogens is 1. The van der Waals surface area contributed by atoms with Crippen molar-refractivity contribution in [3.05, 3.63) is 54.4 Å². The zero-order chi connectivity index (χ0) is 10.8. The van der Waals surface area contributed by atoms with E-state index in [0.29, 0.717) is 13.1 Å². The van der Waals surface area contributed by atoms with Gasteiger partial charge in [-0.25, -0.2) is 0 Å². The second kappa shape index (κ2) is 7.32. The molecule has 0 atom stereocenters. The Balaban J connectivity index is 0.000000187. The quantitative estimate of drug-likeness (QED) is 0.775. The number of carbonyl (C=O) groups is 1. The summed E-state index contributed by atoms with van der Waals surface area (Å²) < 4.78 is 4.54. The van der Waals surface area contributed by atoms with Crippen molar-refractivity contribution in [2.75, 3.05) is 0 Å². The van der Waals surface area contributed by atoms with Crippen molar-refractivity contribution in [3.8, 4) is 0 Å². The Morgan fingerprint density at radius 2 is 2.07 bits per heavy atom. The number of aromatic nitrogens is 2. The van der Waals surface area contributed by atoms with Gasteiger partial charge in [0.1, 0.15) is 6.61 Å². The zero-order valence-corrected chi connectivity index (χ0v) is 8.17. The first-order valence-corrected chi connectivity index (χ1v) is 4.46. The van der Waals surface area contributed by atoms with Gasteiger partial charge in [0.25, 0.3) is 6.47 Å². The second-order valence-corrected chi connectivity index (χ2v) is 2.66. The maximum Gasteiger partial charge on any atom is 0.293 e. The highest BCUT2D eigenvalue weighted by atomic mass is 16.5. The maximum atomic E-state index is 9.76. The van der Waals surface area contributed by atoms with Crippen molar-refractivity contribution in [2.45, 2.75) is 6.61 Å². The molecular formula is C11H12N2O2. The monoisotopic (exact) mass is 204 g/mol. The molecule has 78 valence electrons. The minimum absolute atomic E-state index is 0.365. The molecule has 0 bridgehead atoms. The Hall–Kier alpha value is -2.10. The molecule has 0 saturated carbocycles. The summed E-state index contributed by atoms with van der Waals surface area (Å²) in [6.07, 6.45) is 3.46. The standard InChI is InChI=1S/C8H8O2.C3H4N2/c9-7-10-6-8-4-2-1-3-5-8;1-2-4-5-3-1/h1-5,7H,6H2;1-3H,(H,4,5). The Labute approximate surface area is 87.9 Å². The Morgan fingerprint density at radius 3 is 2.53 bits per heavy atom. The fourth-order valence-electron chi connectivity index (χ4n) is 0.920. The number of aromatic amines is 1. The number of hydrogen-bond acceptors (Lipinski definition) is 3. The molecule has 0 spiro atoms. The normalized spacial score (nSPS) is 8.53. The summed E-state index contributed by atoms with van der Waals surface area (Å²) in [6.45, 7) is 0.817. The molecule has 1 aromatic carbocycles. The van der Waals surface area contributed by atoms with E-state index in [1.165, 1.54) is 0 Å². The van der Waals surface area contributed by atoms with Crippen LogP contribution in [0.4, 0.5) is 0 Å². The van der Waals surface area contributed by atoms with Crippen LogP contribution in [0.1, 0.15) is 5.56 Å². The SMILES string of the molecule is O=COCc1ccccc1.c1cn[nH]c1. The van der Waals surface area contributed by atoms with Crippen molar-refractivity contribution in [2.24, 2.45) is 0 Å². The number of rotatable bonds is 3. The number of nitrogens with one attached hydrogen (secondary N) is 1. The molecule has 2 rings (SSSR count). The van der Waals surface area contributed by atoms with Gasteiger partial charge in [0.2, 0.25) is 0 Å². The number of benzene rings is 1. The van der Waals surface area contributed by atoms with Crippen molar-refractivity contribution in [3.63, 3.8) is 0 Å². The Kier molecular flexibility index (Phi) is 5.36. The molecule has 0 radical (unpaired) electrons. The third-order valence-corrected chi connectivity index (χ3v) is 1.57. The van der Waals surface area contributed by atoms with Crippen LogP contribution in [0.3, 0.4) is 0 Å². The van der Waals surface area contributed by atoms with Crippen molar-refractivity contribution in [1.29, 1.82) is 0 Å². The second-order valence-electron chi connectivity index (χ2n) is 2.66. The summed E-state index contributed by atoms with van der Waals surface area (Å²) in [4.78, 5) is 9.76. The lowest BCUT2D eigenvalue weighted by atomic mass is 10.2. The number of carbonyl (C=O) groups excluding carboxylic acids is 1. The number of ether oxygens (including phenoxy) is 1. The minimum Gasteiger partial charge on any atom is -0.463 e. The summed E-state index contributed by atoms with van der Waals surface area (Å²) in [7, 11) is 0. The number of hydrogen-bond donors (Lipinski definition) is 1. The highest BCUT2D eigenvalue weighted by Crippen LogP contribution is 1.98. The summed E-state index contributed by atoms with van der Waals surface area (Å²) in [5.74, 6) is 0. The molecule has 4 heteroatoms. The van der Waals surface area contributed by atoms with Gasteiger partial charge in [-0.15, -0.1) is 0 Å².